The molecule has 0 fully saturated rings. The number of rotatable bonds is 8. The molecular weight excluding hydrogens is 394 g/mol. The summed E-state index contributed by atoms with van der Waals surface area (Å²) in [4.78, 5) is 27.5. The normalized spacial score (nSPS) is 17.8. The third-order valence-corrected chi connectivity index (χ3v) is 5.74. The first-order valence-corrected chi connectivity index (χ1v) is 10.8. The molecule has 166 valence electrons. The summed E-state index contributed by atoms with van der Waals surface area (Å²) in [5.41, 5.74) is 3.43. The fourth-order valence-corrected chi connectivity index (χ4v) is 4.10. The van der Waals surface area contributed by atoms with Crippen LogP contribution in [-0.2, 0) is 14.3 Å². The van der Waals surface area contributed by atoms with Gasteiger partial charge >= 0.3 is 5.97 Å². The Bertz CT molecular complexity index is 941. The van der Waals surface area contributed by atoms with Gasteiger partial charge in [0.1, 0.15) is 0 Å². The van der Waals surface area contributed by atoms with E-state index in [0.29, 0.717) is 41.5 Å². The Balaban J connectivity index is 1.92. The van der Waals surface area contributed by atoms with Crippen LogP contribution in [0.5, 0.6) is 11.5 Å². The zero-order valence-corrected chi connectivity index (χ0v) is 18.8. The van der Waals surface area contributed by atoms with Crippen molar-refractivity contribution in [3.05, 3.63) is 52.3 Å². The molecule has 1 aliphatic heterocycles. The van der Waals surface area contributed by atoms with Crippen molar-refractivity contribution in [3.63, 3.8) is 0 Å². The van der Waals surface area contributed by atoms with Gasteiger partial charge in [-0.25, -0.2) is 4.79 Å². The van der Waals surface area contributed by atoms with Gasteiger partial charge in [0.25, 0.3) is 5.91 Å². The Morgan fingerprint density at radius 1 is 1.19 bits per heavy atom. The maximum absolute atomic E-state index is 13.3. The lowest BCUT2D eigenvalue weighted by Gasteiger charge is -2.20. The number of nitrogens with zero attached hydrogens (tertiary/aromatic N) is 1. The molecule has 0 aromatic heterocycles. The van der Waals surface area contributed by atoms with Crippen LogP contribution in [0.2, 0.25) is 0 Å². The molecule has 31 heavy (non-hydrogen) atoms. The molecule has 0 spiro atoms. The van der Waals surface area contributed by atoms with Crippen LogP contribution in [0.3, 0.4) is 0 Å². The van der Waals surface area contributed by atoms with Gasteiger partial charge in [-0.3, -0.25) is 4.79 Å². The second-order valence-corrected chi connectivity index (χ2v) is 7.67. The van der Waals surface area contributed by atoms with Crippen molar-refractivity contribution < 1.29 is 23.8 Å². The van der Waals surface area contributed by atoms with E-state index < -0.39 is 5.97 Å². The summed E-state index contributed by atoms with van der Waals surface area (Å²) < 4.78 is 16.0. The Morgan fingerprint density at radius 2 is 2.00 bits per heavy atom. The standard InChI is InChI=1S/C25H31NO5/c1-5-31-21-12-11-19(16-22(21)29-3)15-20-23(25(28)30-4)17(2)26(24(20)27)14-13-18-9-7-6-8-10-18/h9,11-12,15-16H,5-8,10,13-14H2,1-4H3/b20-15-. The van der Waals surface area contributed by atoms with E-state index in [-0.39, 0.29) is 5.91 Å². The fourth-order valence-electron chi connectivity index (χ4n) is 4.10. The Kier molecular flexibility index (Phi) is 7.55. The maximum atomic E-state index is 13.3. The highest BCUT2D eigenvalue weighted by Gasteiger charge is 2.36. The SMILES string of the molecule is CCOc1ccc(/C=C2\C(=O)N(CCC3=CCCCC3)C(C)=C2C(=O)OC)cc1OC. The lowest BCUT2D eigenvalue weighted by Crippen LogP contribution is -2.26. The molecular formula is C25H31NO5. The molecule has 1 aromatic carbocycles. The smallest absolute Gasteiger partial charge is 0.340 e. The molecule has 3 rings (SSSR count). The van der Waals surface area contributed by atoms with E-state index in [1.54, 1.807) is 37.1 Å². The van der Waals surface area contributed by atoms with Gasteiger partial charge < -0.3 is 19.1 Å². The van der Waals surface area contributed by atoms with Crippen molar-refractivity contribution in [1.29, 1.82) is 0 Å². The van der Waals surface area contributed by atoms with E-state index in [1.165, 1.54) is 25.5 Å². The van der Waals surface area contributed by atoms with Crippen LogP contribution in [0.25, 0.3) is 6.08 Å². The Hall–Kier alpha value is -3.02. The number of amides is 1. The molecule has 0 unspecified atom stereocenters. The molecule has 6 heteroatoms. The van der Waals surface area contributed by atoms with Gasteiger partial charge in [-0.2, -0.15) is 0 Å². The van der Waals surface area contributed by atoms with Gasteiger partial charge in [-0.15, -0.1) is 0 Å². The number of carbonyl (C=O) groups is 2. The molecule has 1 aliphatic carbocycles. The van der Waals surface area contributed by atoms with Crippen LogP contribution < -0.4 is 9.47 Å². The van der Waals surface area contributed by atoms with Crippen LogP contribution in [0.1, 0.15) is 51.5 Å². The summed E-state index contributed by atoms with van der Waals surface area (Å²) in [6.45, 7) is 4.79. The molecule has 0 N–H and O–H groups in total. The predicted molar refractivity (Wildman–Crippen MR) is 120 cm³/mol. The molecule has 2 aliphatic rings. The van der Waals surface area contributed by atoms with Crippen molar-refractivity contribution >= 4 is 18.0 Å². The predicted octanol–water partition coefficient (Wildman–Crippen LogP) is 4.66. The highest BCUT2D eigenvalue weighted by Crippen LogP contribution is 2.34. The van der Waals surface area contributed by atoms with Crippen LogP contribution in [0.4, 0.5) is 0 Å². The van der Waals surface area contributed by atoms with Gasteiger partial charge in [-0.1, -0.05) is 17.7 Å². The number of ether oxygens (including phenoxy) is 3. The third-order valence-electron chi connectivity index (χ3n) is 5.74. The summed E-state index contributed by atoms with van der Waals surface area (Å²) in [7, 11) is 2.90. The maximum Gasteiger partial charge on any atom is 0.340 e. The molecule has 1 aromatic rings. The van der Waals surface area contributed by atoms with Gasteiger partial charge in [0.2, 0.25) is 0 Å². The average molecular weight is 426 g/mol. The first-order chi connectivity index (χ1) is 15.0. The van der Waals surface area contributed by atoms with Crippen LogP contribution in [0.15, 0.2) is 46.7 Å². The number of methoxy groups -OCH3 is 2. The molecule has 0 saturated carbocycles. The van der Waals surface area contributed by atoms with Crippen molar-refractivity contribution in [1.82, 2.24) is 4.90 Å². The second kappa shape index (κ2) is 10.3. The topological polar surface area (TPSA) is 65.1 Å². The fraction of sp³-hybridized carbons (Fsp3) is 0.440. The molecule has 6 nitrogen and oxygen atoms in total. The van der Waals surface area contributed by atoms with E-state index in [4.69, 9.17) is 14.2 Å². The van der Waals surface area contributed by atoms with Gasteiger partial charge in [0.05, 0.1) is 32.0 Å². The van der Waals surface area contributed by atoms with Crippen LogP contribution in [0, 0.1) is 0 Å². The van der Waals surface area contributed by atoms with Gasteiger partial charge in [0.15, 0.2) is 11.5 Å². The summed E-state index contributed by atoms with van der Waals surface area (Å²) in [5.74, 6) is 0.520. The van der Waals surface area contributed by atoms with Crippen LogP contribution >= 0.6 is 0 Å². The Morgan fingerprint density at radius 3 is 2.65 bits per heavy atom. The molecule has 0 saturated heterocycles. The monoisotopic (exact) mass is 425 g/mol. The van der Waals surface area contributed by atoms with Crippen molar-refractivity contribution in [2.75, 3.05) is 27.4 Å². The zero-order valence-electron chi connectivity index (χ0n) is 18.8. The molecule has 0 atom stereocenters. The van der Waals surface area contributed by atoms with Crippen molar-refractivity contribution in [2.24, 2.45) is 0 Å². The first-order valence-electron chi connectivity index (χ1n) is 10.8. The van der Waals surface area contributed by atoms with Crippen molar-refractivity contribution in [2.45, 2.75) is 46.0 Å². The van der Waals surface area contributed by atoms with E-state index in [0.717, 1.165) is 24.8 Å². The summed E-state index contributed by atoms with van der Waals surface area (Å²) in [5, 5.41) is 0. The number of esters is 1. The molecule has 0 bridgehead atoms. The summed E-state index contributed by atoms with van der Waals surface area (Å²) in [6, 6.07) is 5.44. The summed E-state index contributed by atoms with van der Waals surface area (Å²) in [6.07, 6.45) is 9.45. The molecule has 1 heterocycles. The number of carbonyl (C=O) groups excluding carboxylic acids is 2. The minimum Gasteiger partial charge on any atom is -0.493 e. The van der Waals surface area contributed by atoms with E-state index in [9.17, 15) is 9.59 Å². The number of benzene rings is 1. The minimum absolute atomic E-state index is 0.179. The van der Waals surface area contributed by atoms with Crippen LogP contribution in [-0.4, -0.2) is 44.1 Å². The average Bonchev–Trinajstić information content (AvgIpc) is 3.02. The quantitative estimate of drug-likeness (QED) is 0.344. The number of hydrogen-bond acceptors (Lipinski definition) is 5. The van der Waals surface area contributed by atoms with E-state index in [2.05, 4.69) is 6.08 Å². The highest BCUT2D eigenvalue weighted by atomic mass is 16.5. The van der Waals surface area contributed by atoms with Gasteiger partial charge in [0, 0.05) is 12.2 Å². The number of hydrogen-bond donors (Lipinski definition) is 0. The third kappa shape index (κ3) is 5.01. The zero-order chi connectivity index (χ0) is 22.4. The van der Waals surface area contributed by atoms with Crippen molar-refractivity contribution in [3.8, 4) is 11.5 Å². The number of allylic oxidation sites excluding steroid dienone is 2. The molecule has 1 amide bonds. The highest BCUT2D eigenvalue weighted by molar-refractivity contribution is 6.16. The molecule has 0 radical (unpaired) electrons. The first kappa shape index (κ1) is 22.7. The lowest BCUT2D eigenvalue weighted by atomic mass is 9.97. The summed E-state index contributed by atoms with van der Waals surface area (Å²) >= 11 is 0. The van der Waals surface area contributed by atoms with E-state index in [1.807, 2.05) is 13.0 Å². The largest absolute Gasteiger partial charge is 0.493 e. The lowest BCUT2D eigenvalue weighted by molar-refractivity contribution is -0.136. The van der Waals surface area contributed by atoms with E-state index >= 15 is 0 Å². The Labute approximate surface area is 184 Å². The second-order valence-electron chi connectivity index (χ2n) is 7.67. The van der Waals surface area contributed by atoms with Gasteiger partial charge in [-0.05, 0) is 69.7 Å². The minimum atomic E-state index is -0.505.